The molecule has 0 atom stereocenters. The molecule has 0 aliphatic rings. The first kappa shape index (κ1) is 14.8. The molecule has 0 amide bonds. The molecule has 0 saturated carbocycles. The molecule has 0 radical (unpaired) electrons. The standard InChI is InChI=1S/C16H18N2O3/c1-3-21-16(20)13-10(2)12(15(19)18-14(13)17)9-11-7-5-4-6-8-11/h4-8H,3,9H2,1-2H3,(H3,17,18,19). The summed E-state index contributed by atoms with van der Waals surface area (Å²) in [4.78, 5) is 26.6. The summed E-state index contributed by atoms with van der Waals surface area (Å²) in [6.07, 6.45) is 0.439. The molecule has 0 aliphatic heterocycles. The number of anilines is 1. The maximum absolute atomic E-state index is 12.1. The van der Waals surface area contributed by atoms with Crippen LogP contribution in [0, 0.1) is 6.92 Å². The molecular formula is C16H18N2O3. The van der Waals surface area contributed by atoms with Gasteiger partial charge in [-0.2, -0.15) is 0 Å². The van der Waals surface area contributed by atoms with Gasteiger partial charge in [0.1, 0.15) is 11.4 Å². The summed E-state index contributed by atoms with van der Waals surface area (Å²) in [5.74, 6) is -0.467. The van der Waals surface area contributed by atoms with E-state index >= 15 is 0 Å². The monoisotopic (exact) mass is 286 g/mol. The van der Waals surface area contributed by atoms with E-state index in [-0.39, 0.29) is 23.5 Å². The highest BCUT2D eigenvalue weighted by atomic mass is 16.5. The van der Waals surface area contributed by atoms with E-state index in [0.717, 1.165) is 5.56 Å². The van der Waals surface area contributed by atoms with Gasteiger partial charge in [-0.3, -0.25) is 4.79 Å². The van der Waals surface area contributed by atoms with E-state index in [1.54, 1.807) is 13.8 Å². The van der Waals surface area contributed by atoms with Crippen LogP contribution in [-0.2, 0) is 11.2 Å². The van der Waals surface area contributed by atoms with Crippen molar-refractivity contribution in [2.75, 3.05) is 12.3 Å². The van der Waals surface area contributed by atoms with Crippen LogP contribution in [0.4, 0.5) is 5.82 Å². The molecule has 3 N–H and O–H groups in total. The zero-order valence-electron chi connectivity index (χ0n) is 12.1. The van der Waals surface area contributed by atoms with Gasteiger partial charge in [0.15, 0.2) is 0 Å². The first-order valence-electron chi connectivity index (χ1n) is 6.76. The molecule has 0 fully saturated rings. The van der Waals surface area contributed by atoms with Crippen LogP contribution in [0.1, 0.15) is 34.0 Å². The summed E-state index contributed by atoms with van der Waals surface area (Å²) in [5.41, 5.74) is 7.81. The Kier molecular flexibility index (Phi) is 4.42. The summed E-state index contributed by atoms with van der Waals surface area (Å²) in [5, 5.41) is 0. The third-order valence-corrected chi connectivity index (χ3v) is 3.32. The van der Waals surface area contributed by atoms with Gasteiger partial charge in [0.2, 0.25) is 0 Å². The summed E-state index contributed by atoms with van der Waals surface area (Å²) in [6, 6.07) is 9.58. The first-order valence-corrected chi connectivity index (χ1v) is 6.76. The van der Waals surface area contributed by atoms with E-state index in [2.05, 4.69) is 4.98 Å². The molecular weight excluding hydrogens is 268 g/mol. The van der Waals surface area contributed by atoms with Gasteiger partial charge in [-0.15, -0.1) is 0 Å². The Balaban J connectivity index is 2.49. The molecule has 0 aliphatic carbocycles. The Hall–Kier alpha value is -2.56. The SMILES string of the molecule is CCOC(=O)c1c(N)[nH]c(=O)c(Cc2ccccc2)c1C. The molecule has 0 bridgehead atoms. The number of carbonyl (C=O) groups excluding carboxylic acids is 1. The Labute approximate surface area is 122 Å². The second-order valence-electron chi connectivity index (χ2n) is 4.73. The lowest BCUT2D eigenvalue weighted by atomic mass is 9.98. The molecule has 5 nitrogen and oxygen atoms in total. The van der Waals surface area contributed by atoms with Crippen LogP contribution in [0.2, 0.25) is 0 Å². The van der Waals surface area contributed by atoms with E-state index in [9.17, 15) is 9.59 Å². The van der Waals surface area contributed by atoms with Crippen molar-refractivity contribution >= 4 is 11.8 Å². The van der Waals surface area contributed by atoms with Crippen molar-refractivity contribution in [2.24, 2.45) is 0 Å². The van der Waals surface area contributed by atoms with Crippen LogP contribution in [0.5, 0.6) is 0 Å². The number of esters is 1. The topological polar surface area (TPSA) is 85.2 Å². The van der Waals surface area contributed by atoms with Crippen LogP contribution < -0.4 is 11.3 Å². The second kappa shape index (κ2) is 6.26. The highest BCUT2D eigenvalue weighted by Gasteiger charge is 2.19. The van der Waals surface area contributed by atoms with E-state index in [1.165, 1.54) is 0 Å². The lowest BCUT2D eigenvalue weighted by molar-refractivity contribution is 0.0526. The maximum atomic E-state index is 12.1. The molecule has 0 unspecified atom stereocenters. The average Bonchev–Trinajstić information content (AvgIpc) is 2.44. The van der Waals surface area contributed by atoms with Gasteiger partial charge in [-0.05, 0) is 25.0 Å². The quantitative estimate of drug-likeness (QED) is 0.842. The number of aromatic nitrogens is 1. The third-order valence-electron chi connectivity index (χ3n) is 3.32. The normalized spacial score (nSPS) is 10.4. The zero-order chi connectivity index (χ0) is 15.4. The summed E-state index contributed by atoms with van der Waals surface area (Å²) >= 11 is 0. The molecule has 21 heavy (non-hydrogen) atoms. The van der Waals surface area contributed by atoms with Crippen molar-refractivity contribution in [2.45, 2.75) is 20.3 Å². The smallest absolute Gasteiger partial charge is 0.342 e. The number of H-pyrrole nitrogens is 1. The summed E-state index contributed by atoms with van der Waals surface area (Å²) in [7, 11) is 0. The predicted octanol–water partition coefficient (Wildman–Crippen LogP) is 2.03. The fourth-order valence-corrected chi connectivity index (χ4v) is 2.26. The van der Waals surface area contributed by atoms with Gasteiger partial charge in [0.05, 0.1) is 6.61 Å². The fraction of sp³-hybridized carbons (Fsp3) is 0.250. The van der Waals surface area contributed by atoms with E-state index < -0.39 is 5.97 Å². The predicted molar refractivity (Wildman–Crippen MR) is 81.4 cm³/mol. The lowest BCUT2D eigenvalue weighted by Gasteiger charge is -2.12. The molecule has 2 rings (SSSR count). The fourth-order valence-electron chi connectivity index (χ4n) is 2.26. The number of nitrogens with one attached hydrogen (secondary N) is 1. The summed E-state index contributed by atoms with van der Waals surface area (Å²) in [6.45, 7) is 3.70. The number of nitrogens with two attached hydrogens (primary N) is 1. The average molecular weight is 286 g/mol. The van der Waals surface area contributed by atoms with Gasteiger partial charge in [0.25, 0.3) is 5.56 Å². The van der Waals surface area contributed by atoms with Crippen molar-refractivity contribution in [3.63, 3.8) is 0 Å². The number of hydrogen-bond donors (Lipinski definition) is 2. The molecule has 2 aromatic rings. The number of rotatable bonds is 4. The minimum Gasteiger partial charge on any atom is -0.462 e. The molecule has 0 spiro atoms. The number of carbonyl (C=O) groups is 1. The van der Waals surface area contributed by atoms with Gasteiger partial charge in [0, 0.05) is 12.0 Å². The zero-order valence-corrected chi connectivity index (χ0v) is 12.1. The number of hydrogen-bond acceptors (Lipinski definition) is 4. The van der Waals surface area contributed by atoms with Crippen molar-refractivity contribution in [3.8, 4) is 0 Å². The van der Waals surface area contributed by atoms with E-state index in [4.69, 9.17) is 10.5 Å². The van der Waals surface area contributed by atoms with Gasteiger partial charge >= 0.3 is 5.97 Å². The molecule has 0 saturated heterocycles. The van der Waals surface area contributed by atoms with Crippen LogP contribution in [0.15, 0.2) is 35.1 Å². The Bertz CT molecular complexity index is 705. The highest BCUT2D eigenvalue weighted by Crippen LogP contribution is 2.19. The second-order valence-corrected chi connectivity index (χ2v) is 4.73. The molecule has 1 aromatic heterocycles. The van der Waals surface area contributed by atoms with Crippen LogP contribution in [0.25, 0.3) is 0 Å². The Morgan fingerprint density at radius 1 is 1.29 bits per heavy atom. The highest BCUT2D eigenvalue weighted by molar-refractivity contribution is 5.96. The maximum Gasteiger partial charge on any atom is 0.342 e. The number of pyridine rings is 1. The minimum atomic E-state index is -0.516. The number of benzene rings is 1. The Morgan fingerprint density at radius 3 is 2.57 bits per heavy atom. The molecule has 110 valence electrons. The van der Waals surface area contributed by atoms with Crippen molar-refractivity contribution in [1.29, 1.82) is 0 Å². The van der Waals surface area contributed by atoms with Crippen LogP contribution in [0.3, 0.4) is 0 Å². The van der Waals surface area contributed by atoms with Gasteiger partial charge in [-0.25, -0.2) is 4.79 Å². The lowest BCUT2D eigenvalue weighted by Crippen LogP contribution is -2.22. The minimum absolute atomic E-state index is 0.0489. The largest absolute Gasteiger partial charge is 0.462 e. The van der Waals surface area contributed by atoms with Crippen LogP contribution >= 0.6 is 0 Å². The number of ether oxygens (including phenoxy) is 1. The molecule has 5 heteroatoms. The van der Waals surface area contributed by atoms with Gasteiger partial charge in [-0.1, -0.05) is 30.3 Å². The first-order chi connectivity index (χ1) is 10.0. The van der Waals surface area contributed by atoms with Crippen molar-refractivity contribution in [1.82, 2.24) is 4.98 Å². The van der Waals surface area contributed by atoms with Crippen LogP contribution in [-0.4, -0.2) is 17.6 Å². The number of aromatic amines is 1. The number of nitrogen functional groups attached to an aromatic ring is 1. The van der Waals surface area contributed by atoms with Gasteiger partial charge < -0.3 is 15.5 Å². The summed E-state index contributed by atoms with van der Waals surface area (Å²) < 4.78 is 4.99. The Morgan fingerprint density at radius 2 is 1.95 bits per heavy atom. The molecule has 1 heterocycles. The molecule has 1 aromatic carbocycles. The van der Waals surface area contributed by atoms with Crippen molar-refractivity contribution < 1.29 is 9.53 Å². The van der Waals surface area contributed by atoms with Crippen molar-refractivity contribution in [3.05, 3.63) is 62.9 Å². The van der Waals surface area contributed by atoms with E-state index in [1.807, 2.05) is 30.3 Å². The third kappa shape index (κ3) is 3.13. The van der Waals surface area contributed by atoms with E-state index in [0.29, 0.717) is 17.5 Å².